The molecule has 1 aromatic heterocycles. The second-order valence-corrected chi connectivity index (χ2v) is 6.33. The summed E-state index contributed by atoms with van der Waals surface area (Å²) < 4.78 is 0. The van der Waals surface area contributed by atoms with E-state index in [4.69, 9.17) is 5.11 Å². The Bertz CT molecular complexity index is 659. The first-order chi connectivity index (χ1) is 11.2. The molecular formula is C18H25N3O2. The molecule has 5 heteroatoms. The summed E-state index contributed by atoms with van der Waals surface area (Å²) in [5, 5.41) is 9.94. The predicted octanol–water partition coefficient (Wildman–Crippen LogP) is 2.09. The van der Waals surface area contributed by atoms with Crippen LogP contribution in [0.25, 0.3) is 10.9 Å². The van der Waals surface area contributed by atoms with Crippen LogP contribution in [-0.4, -0.2) is 65.1 Å². The lowest BCUT2D eigenvalue weighted by Crippen LogP contribution is -2.45. The normalized spacial score (nSPS) is 16.4. The number of aromatic nitrogens is 1. The molecule has 3 rings (SSSR count). The van der Waals surface area contributed by atoms with Gasteiger partial charge in [0.2, 0.25) is 0 Å². The minimum atomic E-state index is 0.131. The number of carbonyl (C=O) groups excluding carboxylic acids is 1. The molecule has 2 aromatic rings. The lowest BCUT2D eigenvalue weighted by molar-refractivity contribution is 0.0643. The largest absolute Gasteiger partial charge is 0.396 e. The summed E-state index contributed by atoms with van der Waals surface area (Å²) in [5.41, 5.74) is 1.80. The maximum atomic E-state index is 12.8. The minimum Gasteiger partial charge on any atom is -0.396 e. The van der Waals surface area contributed by atoms with Crippen LogP contribution in [0.15, 0.2) is 30.5 Å². The van der Waals surface area contributed by atoms with Crippen molar-refractivity contribution in [1.82, 2.24) is 14.8 Å². The average molecular weight is 315 g/mol. The van der Waals surface area contributed by atoms with Gasteiger partial charge in [-0.15, -0.1) is 0 Å². The van der Waals surface area contributed by atoms with Gasteiger partial charge in [-0.05, 0) is 44.5 Å². The third-order valence-electron chi connectivity index (χ3n) is 4.87. The van der Waals surface area contributed by atoms with Gasteiger partial charge >= 0.3 is 0 Å². The van der Waals surface area contributed by atoms with Crippen molar-refractivity contribution in [2.45, 2.75) is 25.3 Å². The van der Waals surface area contributed by atoms with Crippen molar-refractivity contribution in [2.24, 2.45) is 0 Å². The molecule has 1 aliphatic rings. The Labute approximate surface area is 136 Å². The van der Waals surface area contributed by atoms with Gasteiger partial charge in [0.15, 0.2) is 0 Å². The molecule has 1 saturated heterocycles. The maximum absolute atomic E-state index is 12.8. The maximum Gasteiger partial charge on any atom is 0.254 e. The molecule has 1 fully saturated rings. The van der Waals surface area contributed by atoms with Gasteiger partial charge in [0.25, 0.3) is 5.91 Å². The quantitative estimate of drug-likeness (QED) is 0.888. The van der Waals surface area contributed by atoms with E-state index in [1.54, 1.807) is 0 Å². The first-order valence-electron chi connectivity index (χ1n) is 8.37. The average Bonchev–Trinajstić information content (AvgIpc) is 3.08. The second-order valence-electron chi connectivity index (χ2n) is 6.33. The van der Waals surface area contributed by atoms with E-state index in [0.29, 0.717) is 6.04 Å². The summed E-state index contributed by atoms with van der Waals surface area (Å²) in [4.78, 5) is 20.3. The number of carbonyl (C=O) groups is 1. The lowest BCUT2D eigenvalue weighted by Gasteiger charge is -2.36. The molecular weight excluding hydrogens is 290 g/mol. The zero-order valence-corrected chi connectivity index (χ0v) is 13.7. The van der Waals surface area contributed by atoms with Gasteiger partial charge < -0.3 is 19.9 Å². The van der Waals surface area contributed by atoms with Gasteiger partial charge in [0.1, 0.15) is 0 Å². The standard InChI is InChI=1S/C18H25N3O2/c1-20(10-3-13-22)14-7-11-21(12-8-14)18(23)16-4-2-5-17-15(16)6-9-19-17/h2,4-6,9,14,19,22H,3,7-8,10-13H2,1H3. The van der Waals surface area contributed by atoms with Crippen molar-refractivity contribution in [1.29, 1.82) is 0 Å². The molecule has 1 amide bonds. The first-order valence-corrected chi connectivity index (χ1v) is 8.37. The molecule has 0 spiro atoms. The molecule has 23 heavy (non-hydrogen) atoms. The molecule has 0 saturated carbocycles. The number of likely N-dealkylation sites (tertiary alicyclic amines) is 1. The highest BCUT2D eigenvalue weighted by Crippen LogP contribution is 2.22. The van der Waals surface area contributed by atoms with E-state index >= 15 is 0 Å². The van der Waals surface area contributed by atoms with Crippen molar-refractivity contribution in [3.05, 3.63) is 36.0 Å². The smallest absolute Gasteiger partial charge is 0.254 e. The van der Waals surface area contributed by atoms with Gasteiger partial charge in [-0.3, -0.25) is 4.79 Å². The van der Waals surface area contributed by atoms with Crippen LogP contribution in [0.1, 0.15) is 29.6 Å². The van der Waals surface area contributed by atoms with Crippen LogP contribution in [0.4, 0.5) is 0 Å². The number of aliphatic hydroxyl groups is 1. The highest BCUT2D eigenvalue weighted by atomic mass is 16.3. The van der Waals surface area contributed by atoms with Gasteiger partial charge in [-0.2, -0.15) is 0 Å². The number of amides is 1. The molecule has 1 aliphatic heterocycles. The van der Waals surface area contributed by atoms with Crippen molar-refractivity contribution in [3.63, 3.8) is 0 Å². The number of piperidine rings is 1. The zero-order chi connectivity index (χ0) is 16.2. The Morgan fingerprint density at radius 2 is 2.13 bits per heavy atom. The topological polar surface area (TPSA) is 59.6 Å². The van der Waals surface area contributed by atoms with E-state index in [9.17, 15) is 4.79 Å². The number of benzene rings is 1. The molecule has 2 heterocycles. The number of aliphatic hydroxyl groups excluding tert-OH is 1. The Kier molecular flexibility index (Phi) is 4.98. The van der Waals surface area contributed by atoms with Crippen LogP contribution in [-0.2, 0) is 0 Å². The van der Waals surface area contributed by atoms with Crippen molar-refractivity contribution in [2.75, 3.05) is 33.3 Å². The molecule has 0 unspecified atom stereocenters. The van der Waals surface area contributed by atoms with Gasteiger partial charge in [-0.1, -0.05) is 6.07 Å². The molecule has 0 atom stereocenters. The summed E-state index contributed by atoms with van der Waals surface area (Å²) in [6.45, 7) is 2.75. The molecule has 2 N–H and O–H groups in total. The number of H-pyrrole nitrogens is 1. The van der Waals surface area contributed by atoms with E-state index < -0.39 is 0 Å². The number of nitrogens with zero attached hydrogens (tertiary/aromatic N) is 2. The number of nitrogens with one attached hydrogen (secondary N) is 1. The number of rotatable bonds is 5. The Morgan fingerprint density at radius 1 is 1.35 bits per heavy atom. The van der Waals surface area contributed by atoms with E-state index in [-0.39, 0.29) is 12.5 Å². The number of hydrogen-bond acceptors (Lipinski definition) is 3. The molecule has 0 radical (unpaired) electrons. The van der Waals surface area contributed by atoms with E-state index in [1.807, 2.05) is 35.4 Å². The monoisotopic (exact) mass is 315 g/mol. The highest BCUT2D eigenvalue weighted by molar-refractivity contribution is 6.06. The minimum absolute atomic E-state index is 0.131. The van der Waals surface area contributed by atoms with Crippen LogP contribution < -0.4 is 0 Å². The summed E-state index contributed by atoms with van der Waals surface area (Å²) in [5.74, 6) is 0.131. The van der Waals surface area contributed by atoms with Gasteiger partial charge in [0.05, 0.1) is 0 Å². The summed E-state index contributed by atoms with van der Waals surface area (Å²) in [6, 6.07) is 8.32. The van der Waals surface area contributed by atoms with Crippen LogP contribution in [0.5, 0.6) is 0 Å². The van der Waals surface area contributed by atoms with Crippen LogP contribution >= 0.6 is 0 Å². The first kappa shape index (κ1) is 16.0. The van der Waals surface area contributed by atoms with E-state index in [2.05, 4.69) is 16.9 Å². The van der Waals surface area contributed by atoms with Gasteiger partial charge in [0, 0.05) is 54.9 Å². The summed E-state index contributed by atoms with van der Waals surface area (Å²) in [7, 11) is 2.11. The number of hydrogen-bond donors (Lipinski definition) is 2. The van der Waals surface area contributed by atoms with E-state index in [1.165, 1.54) is 0 Å². The van der Waals surface area contributed by atoms with Crippen LogP contribution in [0.2, 0.25) is 0 Å². The Balaban J connectivity index is 1.63. The zero-order valence-electron chi connectivity index (χ0n) is 13.7. The fraction of sp³-hybridized carbons (Fsp3) is 0.500. The van der Waals surface area contributed by atoms with Crippen LogP contribution in [0, 0.1) is 0 Å². The molecule has 0 aliphatic carbocycles. The number of aromatic amines is 1. The second kappa shape index (κ2) is 7.15. The number of fused-ring (bicyclic) bond motifs is 1. The molecule has 5 nitrogen and oxygen atoms in total. The molecule has 1 aromatic carbocycles. The van der Waals surface area contributed by atoms with Crippen molar-refractivity contribution < 1.29 is 9.90 Å². The van der Waals surface area contributed by atoms with Crippen molar-refractivity contribution >= 4 is 16.8 Å². The fourth-order valence-electron chi connectivity index (χ4n) is 3.45. The third kappa shape index (κ3) is 3.41. The van der Waals surface area contributed by atoms with Crippen LogP contribution in [0.3, 0.4) is 0 Å². The molecule has 0 bridgehead atoms. The predicted molar refractivity (Wildman–Crippen MR) is 91.6 cm³/mol. The Hall–Kier alpha value is -1.85. The summed E-state index contributed by atoms with van der Waals surface area (Å²) >= 11 is 0. The van der Waals surface area contributed by atoms with Crippen molar-refractivity contribution in [3.8, 4) is 0 Å². The SMILES string of the molecule is CN(CCCO)C1CCN(C(=O)c2cccc3[nH]ccc23)CC1. The highest BCUT2D eigenvalue weighted by Gasteiger charge is 2.26. The van der Waals surface area contributed by atoms with Gasteiger partial charge in [-0.25, -0.2) is 0 Å². The lowest BCUT2D eigenvalue weighted by atomic mass is 10.0. The van der Waals surface area contributed by atoms with E-state index in [0.717, 1.165) is 55.4 Å². The fourth-order valence-corrected chi connectivity index (χ4v) is 3.45. The Morgan fingerprint density at radius 3 is 2.87 bits per heavy atom. The summed E-state index contributed by atoms with van der Waals surface area (Å²) in [6.07, 6.45) is 4.68. The molecule has 124 valence electrons. The third-order valence-corrected chi connectivity index (χ3v) is 4.87.